The van der Waals surface area contributed by atoms with Crippen molar-refractivity contribution in [3.63, 3.8) is 0 Å². The molecule has 8 nitrogen and oxygen atoms in total. The molecule has 0 radical (unpaired) electrons. The van der Waals surface area contributed by atoms with E-state index in [4.69, 9.17) is 18.9 Å². The topological polar surface area (TPSA) is 86.3 Å². The molecule has 0 aromatic heterocycles. The minimum Gasteiger partial charge on any atom is -0.493 e. The van der Waals surface area contributed by atoms with Gasteiger partial charge in [0.05, 0.1) is 44.8 Å². The molecule has 33 heavy (non-hydrogen) atoms. The number of ether oxygens (including phenoxy) is 4. The molecule has 2 amide bonds. The zero-order valence-corrected chi connectivity index (χ0v) is 19.6. The van der Waals surface area contributed by atoms with Gasteiger partial charge in [0.15, 0.2) is 11.5 Å². The Kier molecular flexibility index (Phi) is 7.95. The zero-order valence-electron chi connectivity index (χ0n) is 19.6. The minimum absolute atomic E-state index is 0.0409. The van der Waals surface area contributed by atoms with E-state index in [-0.39, 0.29) is 24.0 Å². The Bertz CT molecular complexity index is 1000. The monoisotopic (exact) mass is 454 g/mol. The Morgan fingerprint density at radius 1 is 1.00 bits per heavy atom. The molecule has 0 spiro atoms. The van der Waals surface area contributed by atoms with Gasteiger partial charge in [0.2, 0.25) is 11.7 Å². The van der Waals surface area contributed by atoms with Crippen LogP contribution in [0.5, 0.6) is 17.2 Å². The van der Waals surface area contributed by atoms with Crippen molar-refractivity contribution >= 4 is 23.6 Å². The number of methoxy groups -OCH3 is 3. The van der Waals surface area contributed by atoms with Crippen molar-refractivity contribution in [1.82, 2.24) is 4.90 Å². The molecule has 2 unspecified atom stereocenters. The van der Waals surface area contributed by atoms with Crippen LogP contribution in [0.1, 0.15) is 29.8 Å². The molecule has 3 rings (SSSR count). The van der Waals surface area contributed by atoms with Crippen molar-refractivity contribution in [1.29, 1.82) is 0 Å². The van der Waals surface area contributed by atoms with Crippen molar-refractivity contribution in [3.05, 3.63) is 53.6 Å². The Morgan fingerprint density at radius 3 is 2.18 bits per heavy atom. The Labute approximate surface area is 194 Å². The van der Waals surface area contributed by atoms with Crippen molar-refractivity contribution in [2.24, 2.45) is 0 Å². The summed E-state index contributed by atoms with van der Waals surface area (Å²) in [5, 5.41) is 2.81. The van der Waals surface area contributed by atoms with Gasteiger partial charge in [-0.15, -0.1) is 0 Å². The number of amides is 2. The lowest BCUT2D eigenvalue weighted by Gasteiger charge is -2.35. The third-order valence-corrected chi connectivity index (χ3v) is 5.24. The maximum atomic E-state index is 13.1. The molecule has 1 aliphatic rings. The number of benzene rings is 2. The summed E-state index contributed by atoms with van der Waals surface area (Å²) >= 11 is 0. The van der Waals surface area contributed by atoms with Crippen molar-refractivity contribution < 1.29 is 28.5 Å². The van der Waals surface area contributed by atoms with Gasteiger partial charge in [-0.25, -0.2) is 0 Å². The lowest BCUT2D eigenvalue weighted by atomic mass is 10.1. The first-order valence-electron chi connectivity index (χ1n) is 10.7. The normalized spacial score (nSPS) is 18.2. The van der Waals surface area contributed by atoms with Gasteiger partial charge < -0.3 is 29.2 Å². The number of anilines is 1. The van der Waals surface area contributed by atoms with Gasteiger partial charge in [-0.2, -0.15) is 0 Å². The van der Waals surface area contributed by atoms with Gasteiger partial charge in [-0.05, 0) is 49.8 Å². The fourth-order valence-electron chi connectivity index (χ4n) is 3.84. The number of rotatable bonds is 7. The molecule has 0 bridgehead atoms. The Hall–Kier alpha value is -3.52. The molecule has 0 aliphatic carbocycles. The summed E-state index contributed by atoms with van der Waals surface area (Å²) < 4.78 is 21.7. The third kappa shape index (κ3) is 5.84. The lowest BCUT2D eigenvalue weighted by molar-refractivity contribution is -0.111. The van der Waals surface area contributed by atoms with Crippen LogP contribution in [0.2, 0.25) is 0 Å². The quantitative estimate of drug-likeness (QED) is 0.644. The number of para-hydroxylation sites is 1. The summed E-state index contributed by atoms with van der Waals surface area (Å²) in [5.41, 5.74) is 1.59. The van der Waals surface area contributed by atoms with E-state index in [1.54, 1.807) is 47.4 Å². The van der Waals surface area contributed by atoms with Crippen LogP contribution in [0.15, 0.2) is 42.5 Å². The smallest absolute Gasteiger partial charge is 0.256 e. The summed E-state index contributed by atoms with van der Waals surface area (Å²) in [5.74, 6) is 0.943. The number of nitrogens with one attached hydrogen (secondary N) is 1. The summed E-state index contributed by atoms with van der Waals surface area (Å²) in [7, 11) is 4.59. The van der Waals surface area contributed by atoms with Gasteiger partial charge in [0.1, 0.15) is 0 Å². The third-order valence-electron chi connectivity index (χ3n) is 5.24. The van der Waals surface area contributed by atoms with E-state index < -0.39 is 0 Å². The first-order chi connectivity index (χ1) is 15.9. The molecule has 1 fully saturated rings. The summed E-state index contributed by atoms with van der Waals surface area (Å²) in [4.78, 5) is 27.5. The van der Waals surface area contributed by atoms with Gasteiger partial charge in [-0.3, -0.25) is 9.59 Å². The first-order valence-corrected chi connectivity index (χ1v) is 10.7. The van der Waals surface area contributed by atoms with Crippen LogP contribution < -0.4 is 19.5 Å². The molecular weight excluding hydrogens is 424 g/mol. The highest BCUT2D eigenvalue weighted by molar-refractivity contribution is 6.07. The number of carbonyl (C=O) groups is 2. The van der Waals surface area contributed by atoms with Crippen molar-refractivity contribution in [2.45, 2.75) is 26.1 Å². The minimum atomic E-state index is -0.368. The van der Waals surface area contributed by atoms with Crippen LogP contribution in [0.3, 0.4) is 0 Å². The summed E-state index contributed by atoms with van der Waals surface area (Å²) in [6.45, 7) is 4.90. The number of nitrogens with zero attached hydrogens (tertiary/aromatic N) is 1. The molecule has 2 aromatic carbocycles. The van der Waals surface area contributed by atoms with Gasteiger partial charge >= 0.3 is 0 Å². The molecule has 0 saturated carbocycles. The fraction of sp³-hybridized carbons (Fsp3) is 0.360. The molecular formula is C25H30N2O6. The number of morpholine rings is 1. The van der Waals surface area contributed by atoms with E-state index in [1.165, 1.54) is 27.4 Å². The van der Waals surface area contributed by atoms with E-state index in [0.717, 1.165) is 0 Å². The predicted molar refractivity (Wildman–Crippen MR) is 126 cm³/mol. The Balaban J connectivity index is 1.77. The van der Waals surface area contributed by atoms with E-state index in [2.05, 4.69) is 5.32 Å². The highest BCUT2D eigenvalue weighted by Gasteiger charge is 2.27. The maximum absolute atomic E-state index is 13.1. The molecule has 1 aliphatic heterocycles. The summed E-state index contributed by atoms with van der Waals surface area (Å²) in [6.07, 6.45) is 2.94. The number of hydrogen-bond donors (Lipinski definition) is 1. The zero-order chi connectivity index (χ0) is 24.0. The summed E-state index contributed by atoms with van der Waals surface area (Å²) in [6, 6.07) is 10.5. The van der Waals surface area contributed by atoms with Crippen LogP contribution in [0, 0.1) is 0 Å². The predicted octanol–water partition coefficient (Wildman–Crippen LogP) is 3.61. The van der Waals surface area contributed by atoms with E-state index >= 15 is 0 Å². The number of hydrogen-bond acceptors (Lipinski definition) is 6. The SMILES string of the molecule is COc1cc(C=CC(=O)Nc2ccccc2C(=O)N2CC(C)OC(C)C2)cc(OC)c1OC. The van der Waals surface area contributed by atoms with Crippen LogP contribution in [-0.4, -0.2) is 63.3 Å². The second-order valence-corrected chi connectivity index (χ2v) is 7.79. The number of carbonyl (C=O) groups excluding carboxylic acids is 2. The van der Waals surface area contributed by atoms with Crippen molar-refractivity contribution in [3.8, 4) is 17.2 Å². The van der Waals surface area contributed by atoms with Gasteiger partial charge in [0.25, 0.3) is 5.91 Å². The van der Waals surface area contributed by atoms with Crippen LogP contribution >= 0.6 is 0 Å². The highest BCUT2D eigenvalue weighted by Crippen LogP contribution is 2.38. The van der Waals surface area contributed by atoms with Crippen LogP contribution in [-0.2, 0) is 9.53 Å². The second kappa shape index (κ2) is 10.9. The average molecular weight is 455 g/mol. The largest absolute Gasteiger partial charge is 0.493 e. The molecule has 1 N–H and O–H groups in total. The lowest BCUT2D eigenvalue weighted by Crippen LogP contribution is -2.48. The highest BCUT2D eigenvalue weighted by atomic mass is 16.5. The molecule has 1 heterocycles. The molecule has 2 atom stereocenters. The molecule has 8 heteroatoms. The fourth-order valence-corrected chi connectivity index (χ4v) is 3.84. The van der Waals surface area contributed by atoms with E-state index in [0.29, 0.717) is 47.2 Å². The molecule has 2 aromatic rings. The second-order valence-electron chi connectivity index (χ2n) is 7.79. The molecule has 176 valence electrons. The average Bonchev–Trinajstić information content (AvgIpc) is 2.81. The van der Waals surface area contributed by atoms with E-state index in [1.807, 2.05) is 13.8 Å². The van der Waals surface area contributed by atoms with E-state index in [9.17, 15) is 9.59 Å². The standard InChI is InChI=1S/C25H30N2O6/c1-16-14-27(15-17(2)33-16)25(29)19-8-6-7-9-20(19)26-23(28)11-10-18-12-21(30-3)24(32-5)22(13-18)31-4/h6-13,16-17H,14-15H2,1-5H3,(H,26,28). The van der Waals surface area contributed by atoms with Crippen LogP contribution in [0.25, 0.3) is 6.08 Å². The van der Waals surface area contributed by atoms with Gasteiger partial charge in [0, 0.05) is 19.2 Å². The van der Waals surface area contributed by atoms with Crippen LogP contribution in [0.4, 0.5) is 5.69 Å². The Morgan fingerprint density at radius 2 is 1.61 bits per heavy atom. The van der Waals surface area contributed by atoms with Gasteiger partial charge in [-0.1, -0.05) is 12.1 Å². The maximum Gasteiger partial charge on any atom is 0.256 e. The first kappa shape index (κ1) is 24.1. The molecule has 1 saturated heterocycles. The van der Waals surface area contributed by atoms with Crippen molar-refractivity contribution in [2.75, 3.05) is 39.7 Å².